The van der Waals surface area contributed by atoms with Crippen LogP contribution in [0.1, 0.15) is 30.1 Å². The maximum atomic E-state index is 11.9. The van der Waals surface area contributed by atoms with Gasteiger partial charge in [-0.05, 0) is 38.0 Å². The van der Waals surface area contributed by atoms with Crippen molar-refractivity contribution < 1.29 is 24.5 Å². The highest BCUT2D eigenvalue weighted by Crippen LogP contribution is 2.34. The Morgan fingerprint density at radius 2 is 2.13 bits per heavy atom. The number of aliphatic hydroxyl groups excluding tert-OH is 1. The minimum atomic E-state index is -1.29. The van der Waals surface area contributed by atoms with E-state index >= 15 is 0 Å². The molecule has 1 aromatic heterocycles. The van der Waals surface area contributed by atoms with Crippen LogP contribution in [0.3, 0.4) is 0 Å². The fourth-order valence-corrected chi connectivity index (χ4v) is 2.25. The number of fused-ring (bicyclic) bond motifs is 1. The number of ether oxygens (including phenoxy) is 2. The predicted molar refractivity (Wildman–Crippen MR) is 84.5 cm³/mol. The summed E-state index contributed by atoms with van der Waals surface area (Å²) in [6, 6.07) is 4.61. The lowest BCUT2D eigenvalue weighted by atomic mass is 10.1. The van der Waals surface area contributed by atoms with Gasteiger partial charge in [-0.15, -0.1) is 0 Å². The third-order valence-corrected chi connectivity index (χ3v) is 3.40. The van der Waals surface area contributed by atoms with Crippen LogP contribution < -0.4 is 15.0 Å². The van der Waals surface area contributed by atoms with Gasteiger partial charge in [0.2, 0.25) is 0 Å². The number of aliphatic hydroxyl groups is 1. The number of carboxylic acids is 1. The van der Waals surface area contributed by atoms with E-state index in [0.717, 1.165) is 0 Å². The fraction of sp³-hybridized carbons (Fsp3) is 0.375. The first-order valence-electron chi connectivity index (χ1n) is 7.22. The molecule has 23 heavy (non-hydrogen) atoms. The maximum Gasteiger partial charge on any atom is 0.341 e. The molecule has 124 valence electrons. The van der Waals surface area contributed by atoms with Gasteiger partial charge in [-0.1, -0.05) is 0 Å². The zero-order chi connectivity index (χ0) is 17.0. The fourth-order valence-electron chi connectivity index (χ4n) is 2.25. The zero-order valence-corrected chi connectivity index (χ0v) is 13.0. The van der Waals surface area contributed by atoms with Crippen LogP contribution in [0.15, 0.2) is 23.0 Å². The minimum absolute atomic E-state index is 0.331. The number of hydrogen-bond acceptors (Lipinski definition) is 5. The number of benzene rings is 1. The van der Waals surface area contributed by atoms with Crippen LogP contribution in [0.5, 0.6) is 11.5 Å². The summed E-state index contributed by atoms with van der Waals surface area (Å²) in [5.74, 6) is -0.499. The second kappa shape index (κ2) is 7.15. The van der Waals surface area contributed by atoms with Crippen molar-refractivity contribution in [3.05, 3.63) is 34.1 Å². The van der Waals surface area contributed by atoms with Crippen LogP contribution in [-0.2, 0) is 0 Å². The highest BCUT2D eigenvalue weighted by atomic mass is 16.5. The van der Waals surface area contributed by atoms with Gasteiger partial charge in [0.25, 0.3) is 5.56 Å². The van der Waals surface area contributed by atoms with E-state index in [2.05, 4.69) is 4.98 Å². The van der Waals surface area contributed by atoms with Crippen LogP contribution >= 0.6 is 0 Å². The lowest BCUT2D eigenvalue weighted by Gasteiger charge is -2.14. The first-order valence-corrected chi connectivity index (χ1v) is 7.22. The van der Waals surface area contributed by atoms with Crippen LogP contribution in [0.25, 0.3) is 10.9 Å². The number of aromatic nitrogens is 1. The average Bonchev–Trinajstić information content (AvgIpc) is 2.50. The Bertz CT molecular complexity index is 765. The molecular weight excluding hydrogens is 302 g/mol. The largest absolute Gasteiger partial charge is 0.493 e. The van der Waals surface area contributed by atoms with Gasteiger partial charge in [0.15, 0.2) is 11.5 Å². The topological polar surface area (TPSA) is 109 Å². The molecule has 3 N–H and O–H groups in total. The maximum absolute atomic E-state index is 11.9. The van der Waals surface area contributed by atoms with Crippen molar-refractivity contribution in [2.45, 2.75) is 25.9 Å². The number of carboxylic acid groups (broad SMARTS) is 1. The molecule has 2 aromatic rings. The molecule has 0 aliphatic rings. The number of aromatic carboxylic acids is 1. The summed E-state index contributed by atoms with van der Waals surface area (Å²) >= 11 is 0. The molecule has 0 saturated heterocycles. The van der Waals surface area contributed by atoms with Crippen molar-refractivity contribution in [2.24, 2.45) is 0 Å². The van der Waals surface area contributed by atoms with E-state index in [1.807, 2.05) is 0 Å². The summed E-state index contributed by atoms with van der Waals surface area (Å²) in [6.07, 6.45) is 0.812. The van der Waals surface area contributed by atoms with Crippen molar-refractivity contribution in [1.29, 1.82) is 0 Å². The first kappa shape index (κ1) is 16.8. The predicted octanol–water partition coefficient (Wildman–Crippen LogP) is 1.77. The second-order valence-corrected chi connectivity index (χ2v) is 5.22. The Hall–Kier alpha value is -2.54. The lowest BCUT2D eigenvalue weighted by molar-refractivity contribution is 0.0695. The monoisotopic (exact) mass is 321 g/mol. The normalized spacial score (nSPS) is 12.1. The van der Waals surface area contributed by atoms with Gasteiger partial charge in [-0.3, -0.25) is 4.79 Å². The minimum Gasteiger partial charge on any atom is -0.493 e. The van der Waals surface area contributed by atoms with Gasteiger partial charge in [0.1, 0.15) is 5.56 Å². The van der Waals surface area contributed by atoms with Crippen molar-refractivity contribution in [3.63, 3.8) is 0 Å². The smallest absolute Gasteiger partial charge is 0.341 e. The van der Waals surface area contributed by atoms with Crippen molar-refractivity contribution in [2.75, 3.05) is 13.7 Å². The van der Waals surface area contributed by atoms with Crippen LogP contribution in [0, 0.1) is 0 Å². The molecule has 7 nitrogen and oxygen atoms in total. The number of nitrogens with one attached hydrogen (secondary N) is 1. The number of hydrogen-bond donors (Lipinski definition) is 3. The molecule has 0 aliphatic carbocycles. The van der Waals surface area contributed by atoms with E-state index < -0.39 is 17.6 Å². The molecule has 1 unspecified atom stereocenters. The highest BCUT2D eigenvalue weighted by molar-refractivity contribution is 5.94. The molecule has 0 radical (unpaired) electrons. The number of carbonyl (C=O) groups is 1. The van der Waals surface area contributed by atoms with Crippen LogP contribution in [-0.4, -0.2) is 41.0 Å². The van der Waals surface area contributed by atoms with E-state index in [0.29, 0.717) is 41.9 Å². The van der Waals surface area contributed by atoms with E-state index in [9.17, 15) is 14.7 Å². The summed E-state index contributed by atoms with van der Waals surface area (Å²) in [5, 5.41) is 18.8. The van der Waals surface area contributed by atoms with Crippen LogP contribution in [0.4, 0.5) is 0 Å². The summed E-state index contributed by atoms with van der Waals surface area (Å²) in [4.78, 5) is 25.5. The van der Waals surface area contributed by atoms with Gasteiger partial charge in [0, 0.05) is 5.39 Å². The molecule has 0 spiro atoms. The number of rotatable bonds is 7. The van der Waals surface area contributed by atoms with Crippen molar-refractivity contribution in [1.82, 2.24) is 4.98 Å². The Kier molecular flexibility index (Phi) is 5.23. The highest BCUT2D eigenvalue weighted by Gasteiger charge is 2.15. The van der Waals surface area contributed by atoms with Gasteiger partial charge in [-0.2, -0.15) is 0 Å². The molecule has 7 heteroatoms. The van der Waals surface area contributed by atoms with Crippen molar-refractivity contribution in [3.8, 4) is 11.5 Å². The van der Waals surface area contributed by atoms with Crippen LogP contribution in [0.2, 0.25) is 0 Å². The molecule has 1 aromatic carbocycles. The Morgan fingerprint density at radius 1 is 1.39 bits per heavy atom. The Balaban J connectivity index is 2.41. The lowest BCUT2D eigenvalue weighted by Crippen LogP contribution is -2.17. The van der Waals surface area contributed by atoms with E-state index in [4.69, 9.17) is 14.6 Å². The third kappa shape index (κ3) is 3.81. The number of H-pyrrole nitrogens is 1. The van der Waals surface area contributed by atoms with E-state index in [1.165, 1.54) is 13.2 Å². The summed E-state index contributed by atoms with van der Waals surface area (Å²) < 4.78 is 10.9. The Labute approximate surface area is 132 Å². The molecule has 0 bridgehead atoms. The summed E-state index contributed by atoms with van der Waals surface area (Å²) in [6.45, 7) is 2.03. The van der Waals surface area contributed by atoms with Gasteiger partial charge >= 0.3 is 5.97 Å². The zero-order valence-electron chi connectivity index (χ0n) is 13.0. The van der Waals surface area contributed by atoms with Gasteiger partial charge in [0.05, 0.1) is 25.3 Å². The van der Waals surface area contributed by atoms with E-state index in [1.54, 1.807) is 19.1 Å². The van der Waals surface area contributed by atoms with Crippen molar-refractivity contribution >= 4 is 16.9 Å². The Morgan fingerprint density at radius 3 is 2.74 bits per heavy atom. The number of pyridine rings is 1. The second-order valence-electron chi connectivity index (χ2n) is 5.22. The molecule has 1 heterocycles. The number of methoxy groups -OCH3 is 1. The molecular formula is C16H19NO6. The quantitative estimate of drug-likeness (QED) is 0.671. The summed E-state index contributed by atoms with van der Waals surface area (Å²) in [7, 11) is 1.48. The SMILES string of the molecule is COc1ccc2cc(C(=O)O)c(=O)[nH]c2c1OCCCC(C)O. The molecule has 0 amide bonds. The van der Waals surface area contributed by atoms with Gasteiger partial charge < -0.3 is 24.7 Å². The third-order valence-electron chi connectivity index (χ3n) is 3.40. The molecule has 1 atom stereocenters. The van der Waals surface area contributed by atoms with E-state index in [-0.39, 0.29) is 5.56 Å². The van der Waals surface area contributed by atoms with Gasteiger partial charge in [-0.25, -0.2) is 4.79 Å². The standard InChI is InChI=1S/C16H19NO6/c1-9(18)4-3-7-23-14-12(22-2)6-5-10-8-11(16(20)21)15(19)17-13(10)14/h5-6,8-9,18H,3-4,7H2,1-2H3,(H,17,19)(H,20,21). The molecule has 0 aliphatic heterocycles. The molecule has 0 saturated carbocycles. The molecule has 0 fully saturated rings. The molecule has 2 rings (SSSR count). The first-order chi connectivity index (χ1) is 10.9. The number of aromatic amines is 1. The average molecular weight is 321 g/mol. The summed E-state index contributed by atoms with van der Waals surface area (Å²) in [5.41, 5.74) is -0.647.